The van der Waals surface area contributed by atoms with Gasteiger partial charge in [0.1, 0.15) is 11.0 Å². The molecule has 7 nitrogen and oxygen atoms in total. The highest BCUT2D eigenvalue weighted by Crippen LogP contribution is 2.34. The van der Waals surface area contributed by atoms with Crippen LogP contribution in [0, 0.1) is 0 Å². The van der Waals surface area contributed by atoms with Crippen molar-refractivity contribution in [2.45, 2.75) is 0 Å². The topological polar surface area (TPSA) is 71.2 Å². The minimum absolute atomic E-state index is 0.0545. The van der Waals surface area contributed by atoms with Crippen LogP contribution in [-0.2, 0) is 7.05 Å². The summed E-state index contributed by atoms with van der Waals surface area (Å²) < 4.78 is 14.9. The molecule has 5 aromatic rings. The van der Waals surface area contributed by atoms with Crippen LogP contribution < -0.4 is 15.0 Å². The Labute approximate surface area is 163 Å². The second-order valence-electron chi connectivity index (χ2n) is 6.37. The molecule has 28 heavy (non-hydrogen) atoms. The van der Waals surface area contributed by atoms with Crippen molar-refractivity contribution in [3.63, 3.8) is 0 Å². The quantitative estimate of drug-likeness (QED) is 0.470. The van der Waals surface area contributed by atoms with Gasteiger partial charge in [0.05, 0.1) is 36.3 Å². The van der Waals surface area contributed by atoms with Crippen molar-refractivity contribution in [3.8, 4) is 16.6 Å². The van der Waals surface area contributed by atoms with Crippen LogP contribution in [-0.4, -0.2) is 33.3 Å². The fourth-order valence-electron chi connectivity index (χ4n) is 3.46. The third-order valence-corrected chi connectivity index (χ3v) is 5.94. The van der Waals surface area contributed by atoms with Gasteiger partial charge in [0.25, 0.3) is 5.56 Å². The monoisotopic (exact) mass is 392 g/mol. The zero-order valence-corrected chi connectivity index (χ0v) is 16.3. The van der Waals surface area contributed by atoms with E-state index in [2.05, 4.69) is 4.98 Å². The van der Waals surface area contributed by atoms with E-state index in [-0.39, 0.29) is 5.56 Å². The third kappa shape index (κ3) is 2.24. The number of aromatic nitrogens is 4. The molecule has 0 spiro atoms. The summed E-state index contributed by atoms with van der Waals surface area (Å²) >= 11 is 1.36. The number of methoxy groups -OCH3 is 2. The van der Waals surface area contributed by atoms with Crippen LogP contribution in [0.3, 0.4) is 0 Å². The number of pyridine rings is 1. The van der Waals surface area contributed by atoms with Gasteiger partial charge < -0.3 is 14.0 Å². The van der Waals surface area contributed by atoms with E-state index in [1.165, 1.54) is 11.3 Å². The summed E-state index contributed by atoms with van der Waals surface area (Å²) in [6, 6.07) is 11.5. The lowest BCUT2D eigenvalue weighted by Crippen LogP contribution is -2.16. The third-order valence-electron chi connectivity index (χ3n) is 4.89. The number of hydrogen-bond donors (Lipinski definition) is 0. The summed E-state index contributed by atoms with van der Waals surface area (Å²) in [6.07, 6.45) is 1.70. The lowest BCUT2D eigenvalue weighted by molar-refractivity contribution is 0.355. The van der Waals surface area contributed by atoms with Crippen LogP contribution in [0.15, 0.2) is 47.5 Å². The SMILES string of the molecule is COc1cc2ncn(-c3nc4c(s3)c(=O)n(C)c3ccccc43)c2cc1OC. The van der Waals surface area contributed by atoms with E-state index in [0.29, 0.717) is 26.8 Å². The number of ether oxygens (including phenoxy) is 2. The van der Waals surface area contributed by atoms with E-state index in [1.807, 2.05) is 41.0 Å². The first-order valence-corrected chi connectivity index (χ1v) is 9.41. The van der Waals surface area contributed by atoms with Crippen LogP contribution in [0.2, 0.25) is 0 Å². The Kier molecular flexibility index (Phi) is 3.63. The largest absolute Gasteiger partial charge is 0.493 e. The predicted molar refractivity (Wildman–Crippen MR) is 110 cm³/mol. The summed E-state index contributed by atoms with van der Waals surface area (Å²) in [5.74, 6) is 1.23. The predicted octanol–water partition coefficient (Wildman–Crippen LogP) is 3.50. The molecule has 0 aliphatic carbocycles. The summed E-state index contributed by atoms with van der Waals surface area (Å²) in [5.41, 5.74) is 3.10. The van der Waals surface area contributed by atoms with Gasteiger partial charge in [-0.15, -0.1) is 0 Å². The molecule has 3 aromatic heterocycles. The molecule has 5 rings (SSSR count). The number of aryl methyl sites for hydroxylation is 1. The Morgan fingerprint density at radius 3 is 2.57 bits per heavy atom. The normalized spacial score (nSPS) is 11.5. The molecule has 0 saturated carbocycles. The van der Waals surface area contributed by atoms with Gasteiger partial charge in [-0.1, -0.05) is 29.5 Å². The van der Waals surface area contributed by atoms with Gasteiger partial charge in [-0.25, -0.2) is 9.97 Å². The summed E-state index contributed by atoms with van der Waals surface area (Å²) in [5, 5.41) is 1.63. The van der Waals surface area contributed by atoms with Gasteiger partial charge in [0, 0.05) is 24.6 Å². The maximum atomic E-state index is 12.8. The second kappa shape index (κ2) is 6.07. The standard InChI is InChI=1S/C20H16N4O3S/c1-23-13-7-5-4-6-11(13)17-18(19(23)25)28-20(22-17)24-10-21-12-8-15(26-2)16(27-3)9-14(12)24/h4-10H,1-3H3. The highest BCUT2D eigenvalue weighted by Gasteiger charge is 2.17. The number of benzene rings is 2. The molecule has 0 atom stereocenters. The van der Waals surface area contributed by atoms with Crippen molar-refractivity contribution in [2.75, 3.05) is 14.2 Å². The number of para-hydroxylation sites is 1. The number of hydrogen-bond acceptors (Lipinski definition) is 6. The minimum Gasteiger partial charge on any atom is -0.493 e. The minimum atomic E-state index is -0.0545. The van der Waals surface area contributed by atoms with Crippen molar-refractivity contribution in [3.05, 3.63) is 53.1 Å². The molecule has 0 N–H and O–H groups in total. The second-order valence-corrected chi connectivity index (χ2v) is 7.34. The summed E-state index contributed by atoms with van der Waals surface area (Å²) in [7, 11) is 4.97. The van der Waals surface area contributed by atoms with Gasteiger partial charge >= 0.3 is 0 Å². The molecule has 0 aliphatic heterocycles. The highest BCUT2D eigenvalue weighted by molar-refractivity contribution is 7.20. The molecular formula is C20H16N4O3S. The maximum Gasteiger partial charge on any atom is 0.270 e. The molecule has 8 heteroatoms. The summed E-state index contributed by atoms with van der Waals surface area (Å²) in [4.78, 5) is 22.1. The van der Waals surface area contributed by atoms with Gasteiger partial charge in [0.2, 0.25) is 0 Å². The number of imidazole rings is 1. The van der Waals surface area contributed by atoms with E-state index in [4.69, 9.17) is 14.5 Å². The number of rotatable bonds is 3. The first-order valence-electron chi connectivity index (χ1n) is 8.60. The molecule has 140 valence electrons. The molecule has 0 bridgehead atoms. The first kappa shape index (κ1) is 16.8. The van der Waals surface area contributed by atoms with Crippen LogP contribution in [0.1, 0.15) is 0 Å². The molecule has 0 unspecified atom stereocenters. The molecule has 0 aliphatic rings. The maximum absolute atomic E-state index is 12.8. The van der Waals surface area contributed by atoms with E-state index < -0.39 is 0 Å². The summed E-state index contributed by atoms with van der Waals surface area (Å²) in [6.45, 7) is 0. The number of nitrogens with zero attached hydrogens (tertiary/aromatic N) is 4. The van der Waals surface area contributed by atoms with E-state index in [1.54, 1.807) is 32.2 Å². The first-order chi connectivity index (χ1) is 13.6. The van der Waals surface area contributed by atoms with Gasteiger partial charge in [-0.3, -0.25) is 9.36 Å². The van der Waals surface area contributed by atoms with Gasteiger partial charge in [0.15, 0.2) is 16.6 Å². The van der Waals surface area contributed by atoms with E-state index >= 15 is 0 Å². The Hall–Kier alpha value is -3.39. The Morgan fingerprint density at radius 1 is 1.04 bits per heavy atom. The van der Waals surface area contributed by atoms with E-state index in [0.717, 1.165) is 21.9 Å². The Morgan fingerprint density at radius 2 is 1.79 bits per heavy atom. The van der Waals surface area contributed by atoms with E-state index in [9.17, 15) is 4.79 Å². The average Bonchev–Trinajstić information content (AvgIpc) is 3.35. The molecule has 0 amide bonds. The van der Waals surface area contributed by atoms with Crippen LogP contribution >= 0.6 is 11.3 Å². The molecule has 0 radical (unpaired) electrons. The van der Waals surface area contributed by atoms with Crippen molar-refractivity contribution < 1.29 is 9.47 Å². The smallest absolute Gasteiger partial charge is 0.270 e. The number of fused-ring (bicyclic) bond motifs is 4. The zero-order chi connectivity index (χ0) is 19.4. The van der Waals surface area contributed by atoms with Crippen molar-refractivity contribution in [2.24, 2.45) is 7.05 Å². The Bertz CT molecular complexity index is 1430. The zero-order valence-electron chi connectivity index (χ0n) is 15.5. The lowest BCUT2D eigenvalue weighted by Gasteiger charge is -2.07. The molecule has 2 aromatic carbocycles. The van der Waals surface area contributed by atoms with Gasteiger partial charge in [-0.05, 0) is 6.07 Å². The fraction of sp³-hybridized carbons (Fsp3) is 0.150. The molecule has 0 saturated heterocycles. The van der Waals surface area contributed by atoms with Gasteiger partial charge in [-0.2, -0.15) is 0 Å². The van der Waals surface area contributed by atoms with Crippen LogP contribution in [0.5, 0.6) is 11.5 Å². The molecular weight excluding hydrogens is 376 g/mol. The molecule has 0 fully saturated rings. The van der Waals surface area contributed by atoms with Crippen molar-refractivity contribution >= 4 is 43.5 Å². The Balaban J connectivity index is 1.82. The number of thiazole rings is 1. The van der Waals surface area contributed by atoms with Crippen molar-refractivity contribution in [1.82, 2.24) is 19.1 Å². The van der Waals surface area contributed by atoms with Crippen molar-refractivity contribution in [1.29, 1.82) is 0 Å². The highest BCUT2D eigenvalue weighted by atomic mass is 32.1. The molecule has 3 heterocycles. The fourth-order valence-corrected chi connectivity index (χ4v) is 4.50. The lowest BCUT2D eigenvalue weighted by atomic mass is 10.2. The average molecular weight is 392 g/mol. The van der Waals surface area contributed by atoms with Crippen LogP contribution in [0.25, 0.3) is 37.3 Å². The van der Waals surface area contributed by atoms with Crippen LogP contribution in [0.4, 0.5) is 0 Å².